The molecule has 0 aromatic rings. The Labute approximate surface area is 93.5 Å². The van der Waals surface area contributed by atoms with E-state index in [-0.39, 0.29) is 0 Å². The molecule has 0 unspecified atom stereocenters. The van der Waals surface area contributed by atoms with Crippen LogP contribution in [0.2, 0.25) is 0 Å². The first-order valence-corrected chi connectivity index (χ1v) is 6.90. The van der Waals surface area contributed by atoms with E-state index in [4.69, 9.17) is 0 Å². The Hall–Kier alpha value is -0.300. The van der Waals surface area contributed by atoms with Crippen molar-refractivity contribution in [2.45, 2.75) is 56.5 Å². The molecule has 16 heavy (non-hydrogen) atoms. The number of hydrogen-bond donors (Lipinski definition) is 1. The van der Waals surface area contributed by atoms with Gasteiger partial charge in [-0.3, -0.25) is 0 Å². The molecule has 1 saturated carbocycles. The van der Waals surface area contributed by atoms with Crippen LogP contribution in [-0.2, 0) is 10.0 Å². The van der Waals surface area contributed by atoms with Gasteiger partial charge in [-0.25, -0.2) is 13.1 Å². The Morgan fingerprint density at radius 1 is 0.938 bits per heavy atom. The van der Waals surface area contributed by atoms with E-state index < -0.39 is 21.6 Å². The highest BCUT2D eigenvalue weighted by atomic mass is 32.2. The highest BCUT2D eigenvalue weighted by Gasteiger charge is 2.46. The molecule has 7 heteroatoms. The van der Waals surface area contributed by atoms with Gasteiger partial charge in [0, 0.05) is 6.04 Å². The number of sulfonamides is 1. The molecule has 1 aliphatic rings. The Bertz CT molecular complexity index is 305. The average molecular weight is 259 g/mol. The van der Waals surface area contributed by atoms with Crippen molar-refractivity contribution in [2.75, 3.05) is 0 Å². The molecule has 96 valence electrons. The maximum atomic E-state index is 12.1. The molecule has 1 N–H and O–H groups in total. The van der Waals surface area contributed by atoms with Crippen LogP contribution < -0.4 is 4.72 Å². The largest absolute Gasteiger partial charge is 0.511 e. The van der Waals surface area contributed by atoms with Crippen LogP contribution in [0.3, 0.4) is 0 Å². The van der Waals surface area contributed by atoms with Crippen molar-refractivity contribution in [3.05, 3.63) is 0 Å². The Kier molecular flexibility index (Phi) is 4.61. The van der Waals surface area contributed by atoms with Crippen molar-refractivity contribution in [1.82, 2.24) is 4.72 Å². The zero-order valence-corrected chi connectivity index (χ0v) is 9.70. The van der Waals surface area contributed by atoms with Gasteiger partial charge >= 0.3 is 15.5 Å². The van der Waals surface area contributed by atoms with Gasteiger partial charge in [-0.15, -0.1) is 0 Å². The van der Waals surface area contributed by atoms with E-state index in [1.54, 1.807) is 4.72 Å². The highest BCUT2D eigenvalue weighted by Crippen LogP contribution is 2.24. The summed E-state index contributed by atoms with van der Waals surface area (Å²) in [6, 6.07) is -0.563. The van der Waals surface area contributed by atoms with Crippen molar-refractivity contribution >= 4 is 10.0 Å². The summed E-state index contributed by atoms with van der Waals surface area (Å²) in [4.78, 5) is 0. The van der Waals surface area contributed by atoms with Gasteiger partial charge < -0.3 is 0 Å². The molecule has 0 spiro atoms. The lowest BCUT2D eigenvalue weighted by Crippen LogP contribution is -2.42. The summed E-state index contributed by atoms with van der Waals surface area (Å²) >= 11 is 0. The van der Waals surface area contributed by atoms with Gasteiger partial charge in [0.15, 0.2) is 0 Å². The van der Waals surface area contributed by atoms with E-state index in [0.29, 0.717) is 12.8 Å². The van der Waals surface area contributed by atoms with Crippen LogP contribution in [0.4, 0.5) is 13.2 Å². The zero-order chi connectivity index (χ0) is 12.2. The fraction of sp³-hybridized carbons (Fsp3) is 1.00. The van der Waals surface area contributed by atoms with Crippen LogP contribution in [0.15, 0.2) is 0 Å². The fourth-order valence-electron chi connectivity index (χ4n) is 1.86. The van der Waals surface area contributed by atoms with Crippen LogP contribution in [-0.4, -0.2) is 20.0 Å². The Balaban J connectivity index is 2.58. The second kappa shape index (κ2) is 5.35. The second-order valence-electron chi connectivity index (χ2n) is 4.11. The number of halogens is 3. The highest BCUT2D eigenvalue weighted by molar-refractivity contribution is 7.90. The van der Waals surface area contributed by atoms with Crippen LogP contribution >= 0.6 is 0 Å². The quantitative estimate of drug-likeness (QED) is 0.828. The first-order valence-electron chi connectivity index (χ1n) is 5.41. The van der Waals surface area contributed by atoms with Crippen molar-refractivity contribution in [1.29, 1.82) is 0 Å². The lowest BCUT2D eigenvalue weighted by Gasteiger charge is -2.21. The lowest BCUT2D eigenvalue weighted by molar-refractivity contribution is -0.0451. The SMILES string of the molecule is O=S(=O)(NC1CCCCCCC1)C(F)(F)F. The molecule has 1 aliphatic carbocycles. The van der Waals surface area contributed by atoms with Gasteiger partial charge in [-0.05, 0) is 12.8 Å². The molecular formula is C9H16F3NO2S. The molecule has 0 aliphatic heterocycles. The predicted molar refractivity (Wildman–Crippen MR) is 54.2 cm³/mol. The van der Waals surface area contributed by atoms with E-state index in [1.807, 2.05) is 0 Å². The first kappa shape index (κ1) is 13.8. The minimum atomic E-state index is -5.20. The summed E-state index contributed by atoms with van der Waals surface area (Å²) in [7, 11) is -5.18. The fourth-order valence-corrected chi connectivity index (χ4v) is 2.67. The van der Waals surface area contributed by atoms with Gasteiger partial charge in [-0.2, -0.15) is 13.2 Å². The number of nitrogens with one attached hydrogen (secondary N) is 1. The monoisotopic (exact) mass is 259 g/mol. The smallest absolute Gasteiger partial charge is 0.204 e. The van der Waals surface area contributed by atoms with E-state index >= 15 is 0 Å². The molecule has 0 aromatic carbocycles. The van der Waals surface area contributed by atoms with E-state index in [0.717, 1.165) is 32.1 Å². The van der Waals surface area contributed by atoms with Gasteiger partial charge in [0.1, 0.15) is 0 Å². The molecule has 0 bridgehead atoms. The van der Waals surface area contributed by atoms with Crippen molar-refractivity contribution in [2.24, 2.45) is 0 Å². The molecule has 0 saturated heterocycles. The van der Waals surface area contributed by atoms with Gasteiger partial charge in [0.05, 0.1) is 0 Å². The normalized spacial score (nSPS) is 21.4. The molecule has 3 nitrogen and oxygen atoms in total. The summed E-state index contributed by atoms with van der Waals surface area (Å²) in [5.74, 6) is 0. The maximum Gasteiger partial charge on any atom is 0.511 e. The number of rotatable bonds is 2. The van der Waals surface area contributed by atoms with Crippen LogP contribution in [0.1, 0.15) is 44.9 Å². The van der Waals surface area contributed by atoms with Crippen LogP contribution in [0.25, 0.3) is 0 Å². The molecule has 0 radical (unpaired) electrons. The van der Waals surface area contributed by atoms with Gasteiger partial charge in [0.25, 0.3) is 0 Å². The minimum absolute atomic E-state index is 0.495. The van der Waals surface area contributed by atoms with Crippen LogP contribution in [0, 0.1) is 0 Å². The first-order chi connectivity index (χ1) is 7.33. The molecule has 0 atom stereocenters. The molecule has 0 amide bonds. The van der Waals surface area contributed by atoms with Crippen molar-refractivity contribution in [3.63, 3.8) is 0 Å². The van der Waals surface area contributed by atoms with Gasteiger partial charge in [-0.1, -0.05) is 32.1 Å². The topological polar surface area (TPSA) is 46.2 Å². The number of hydrogen-bond acceptors (Lipinski definition) is 2. The van der Waals surface area contributed by atoms with E-state index in [9.17, 15) is 21.6 Å². The average Bonchev–Trinajstić information content (AvgIpc) is 2.07. The number of alkyl halides is 3. The molecule has 0 heterocycles. The second-order valence-corrected chi connectivity index (χ2v) is 5.81. The summed E-state index contributed by atoms with van der Waals surface area (Å²) in [6.07, 6.45) is 5.56. The molecule has 1 rings (SSSR count). The van der Waals surface area contributed by atoms with E-state index in [2.05, 4.69) is 0 Å². The molecule has 0 aromatic heterocycles. The minimum Gasteiger partial charge on any atom is -0.204 e. The summed E-state index contributed by atoms with van der Waals surface area (Å²) in [5, 5.41) is 0. The zero-order valence-electron chi connectivity index (χ0n) is 8.89. The Morgan fingerprint density at radius 3 is 1.81 bits per heavy atom. The third-order valence-corrected chi connectivity index (χ3v) is 3.98. The third kappa shape index (κ3) is 3.93. The summed E-state index contributed by atoms with van der Waals surface area (Å²) in [5.41, 5.74) is -5.20. The van der Waals surface area contributed by atoms with Crippen LogP contribution in [0.5, 0.6) is 0 Å². The third-order valence-electron chi connectivity index (χ3n) is 2.73. The van der Waals surface area contributed by atoms with E-state index in [1.165, 1.54) is 0 Å². The standard InChI is InChI=1S/C9H16F3NO2S/c10-9(11,12)16(14,15)13-8-6-4-2-1-3-5-7-8/h8,13H,1-7H2. The predicted octanol–water partition coefficient (Wildman–Crippen LogP) is 2.54. The maximum absolute atomic E-state index is 12.1. The van der Waals surface area contributed by atoms with Gasteiger partial charge in [0.2, 0.25) is 0 Å². The Morgan fingerprint density at radius 2 is 1.38 bits per heavy atom. The molecule has 1 fully saturated rings. The lowest BCUT2D eigenvalue weighted by atomic mass is 9.97. The summed E-state index contributed by atoms with van der Waals surface area (Å²) < 4.78 is 59.9. The summed E-state index contributed by atoms with van der Waals surface area (Å²) in [6.45, 7) is 0. The van der Waals surface area contributed by atoms with Crippen molar-refractivity contribution < 1.29 is 21.6 Å². The molecular weight excluding hydrogens is 243 g/mol. The van der Waals surface area contributed by atoms with Crippen molar-refractivity contribution in [3.8, 4) is 0 Å².